The summed E-state index contributed by atoms with van der Waals surface area (Å²) in [4.78, 5) is 24.6. The molecule has 0 atom stereocenters. The lowest BCUT2D eigenvalue weighted by atomic mass is 10.2. The maximum atomic E-state index is 13.6. The lowest BCUT2D eigenvalue weighted by molar-refractivity contribution is -0.129. The van der Waals surface area contributed by atoms with Gasteiger partial charge in [-0.2, -0.15) is 0 Å². The molecule has 0 saturated heterocycles. The summed E-state index contributed by atoms with van der Waals surface area (Å²) < 4.78 is 13.6. The first-order chi connectivity index (χ1) is 10.1. The summed E-state index contributed by atoms with van der Waals surface area (Å²) in [6.45, 7) is 2.33. The SMILES string of the molecule is CC(=O)N(CCNC(=O)NC1CC1)Cc1ccccc1F. The molecule has 21 heavy (non-hydrogen) atoms. The van der Waals surface area contributed by atoms with Crippen molar-refractivity contribution in [2.24, 2.45) is 0 Å². The summed E-state index contributed by atoms with van der Waals surface area (Å²) in [5, 5.41) is 5.50. The number of benzene rings is 1. The quantitative estimate of drug-likeness (QED) is 0.837. The number of hydrogen-bond acceptors (Lipinski definition) is 2. The van der Waals surface area contributed by atoms with Crippen LogP contribution in [-0.4, -0.2) is 36.0 Å². The Hall–Kier alpha value is -2.11. The summed E-state index contributed by atoms with van der Waals surface area (Å²) >= 11 is 0. The van der Waals surface area contributed by atoms with Crippen molar-refractivity contribution in [3.63, 3.8) is 0 Å². The maximum absolute atomic E-state index is 13.6. The van der Waals surface area contributed by atoms with Gasteiger partial charge in [0, 0.05) is 38.2 Å². The van der Waals surface area contributed by atoms with Gasteiger partial charge >= 0.3 is 6.03 Å². The standard InChI is InChI=1S/C15H20FN3O2/c1-11(20)19(10-12-4-2-3-5-14(12)16)9-8-17-15(21)18-13-6-7-13/h2-5,13H,6-10H2,1H3,(H2,17,18,21). The van der Waals surface area contributed by atoms with Crippen LogP contribution in [0.2, 0.25) is 0 Å². The van der Waals surface area contributed by atoms with E-state index >= 15 is 0 Å². The Balaban J connectivity index is 1.80. The van der Waals surface area contributed by atoms with E-state index in [1.54, 1.807) is 18.2 Å². The molecule has 0 unspecified atom stereocenters. The number of nitrogens with zero attached hydrogens (tertiary/aromatic N) is 1. The molecule has 1 aromatic carbocycles. The minimum absolute atomic E-state index is 0.150. The molecule has 1 saturated carbocycles. The second kappa shape index (κ2) is 7.06. The molecular formula is C15H20FN3O2. The molecular weight excluding hydrogens is 273 g/mol. The first-order valence-corrected chi connectivity index (χ1v) is 7.09. The number of halogens is 1. The third-order valence-electron chi connectivity index (χ3n) is 3.34. The lowest BCUT2D eigenvalue weighted by Gasteiger charge is -2.21. The summed E-state index contributed by atoms with van der Waals surface area (Å²) in [6.07, 6.45) is 2.06. The highest BCUT2D eigenvalue weighted by Crippen LogP contribution is 2.18. The number of amides is 3. The van der Waals surface area contributed by atoms with Gasteiger partial charge in [-0.15, -0.1) is 0 Å². The van der Waals surface area contributed by atoms with Crippen LogP contribution in [-0.2, 0) is 11.3 Å². The molecule has 1 aliphatic carbocycles. The molecule has 0 spiro atoms. The summed E-state index contributed by atoms with van der Waals surface area (Å²) in [5.74, 6) is -0.481. The zero-order valence-electron chi connectivity index (χ0n) is 12.1. The molecule has 0 radical (unpaired) electrons. The molecule has 0 aliphatic heterocycles. The summed E-state index contributed by atoms with van der Waals surface area (Å²) in [7, 11) is 0. The molecule has 5 nitrogen and oxygen atoms in total. The van der Waals surface area contributed by atoms with E-state index in [1.807, 2.05) is 0 Å². The maximum Gasteiger partial charge on any atom is 0.315 e. The number of carbonyl (C=O) groups is 2. The van der Waals surface area contributed by atoms with Gasteiger partial charge in [0.05, 0.1) is 0 Å². The Kier molecular flexibility index (Phi) is 5.14. The van der Waals surface area contributed by atoms with Crippen molar-refractivity contribution in [1.29, 1.82) is 0 Å². The van der Waals surface area contributed by atoms with Gasteiger partial charge in [0.2, 0.25) is 5.91 Å². The fraction of sp³-hybridized carbons (Fsp3) is 0.467. The smallest absolute Gasteiger partial charge is 0.315 e. The molecule has 3 amide bonds. The van der Waals surface area contributed by atoms with Crippen LogP contribution in [0.15, 0.2) is 24.3 Å². The Morgan fingerprint density at radius 2 is 2.05 bits per heavy atom. The molecule has 6 heteroatoms. The van der Waals surface area contributed by atoms with Crippen molar-refractivity contribution < 1.29 is 14.0 Å². The number of urea groups is 1. The van der Waals surface area contributed by atoms with E-state index in [0.29, 0.717) is 24.7 Å². The predicted octanol–water partition coefficient (Wildman–Crippen LogP) is 1.64. The van der Waals surface area contributed by atoms with Gasteiger partial charge in [0.15, 0.2) is 0 Å². The second-order valence-electron chi connectivity index (χ2n) is 5.21. The highest BCUT2D eigenvalue weighted by atomic mass is 19.1. The third-order valence-corrected chi connectivity index (χ3v) is 3.34. The third kappa shape index (κ3) is 5.06. The minimum atomic E-state index is -0.330. The van der Waals surface area contributed by atoms with E-state index < -0.39 is 0 Å². The molecule has 0 aromatic heterocycles. The van der Waals surface area contributed by atoms with Crippen LogP contribution in [0.25, 0.3) is 0 Å². The van der Waals surface area contributed by atoms with Gasteiger partial charge in [-0.3, -0.25) is 4.79 Å². The van der Waals surface area contributed by atoms with E-state index in [-0.39, 0.29) is 24.3 Å². The normalized spacial score (nSPS) is 13.6. The lowest BCUT2D eigenvalue weighted by Crippen LogP contribution is -2.42. The van der Waals surface area contributed by atoms with Crippen LogP contribution in [0.3, 0.4) is 0 Å². The zero-order valence-corrected chi connectivity index (χ0v) is 12.1. The average molecular weight is 293 g/mol. The minimum Gasteiger partial charge on any atom is -0.337 e. The number of hydrogen-bond donors (Lipinski definition) is 2. The van der Waals surface area contributed by atoms with E-state index in [2.05, 4.69) is 10.6 Å². The predicted molar refractivity (Wildman–Crippen MR) is 77.0 cm³/mol. The van der Waals surface area contributed by atoms with Crippen molar-refractivity contribution in [1.82, 2.24) is 15.5 Å². The fourth-order valence-corrected chi connectivity index (χ4v) is 1.95. The Labute approximate surface area is 123 Å². The summed E-state index contributed by atoms with van der Waals surface area (Å²) in [5.41, 5.74) is 0.468. The van der Waals surface area contributed by atoms with E-state index in [9.17, 15) is 14.0 Å². The van der Waals surface area contributed by atoms with Crippen LogP contribution in [0.5, 0.6) is 0 Å². The van der Waals surface area contributed by atoms with E-state index in [4.69, 9.17) is 0 Å². The van der Waals surface area contributed by atoms with E-state index in [1.165, 1.54) is 17.9 Å². The molecule has 1 aromatic rings. The first kappa shape index (κ1) is 15.3. The van der Waals surface area contributed by atoms with Gasteiger partial charge in [-0.1, -0.05) is 18.2 Å². The van der Waals surface area contributed by atoms with Crippen LogP contribution < -0.4 is 10.6 Å². The van der Waals surface area contributed by atoms with E-state index in [0.717, 1.165) is 12.8 Å². The highest BCUT2D eigenvalue weighted by molar-refractivity contribution is 5.75. The van der Waals surface area contributed by atoms with Crippen molar-refractivity contribution >= 4 is 11.9 Å². The van der Waals surface area contributed by atoms with Crippen molar-refractivity contribution in [2.75, 3.05) is 13.1 Å². The first-order valence-electron chi connectivity index (χ1n) is 7.09. The van der Waals surface area contributed by atoms with Crippen molar-refractivity contribution in [3.8, 4) is 0 Å². The van der Waals surface area contributed by atoms with Crippen molar-refractivity contribution in [2.45, 2.75) is 32.4 Å². The molecule has 1 aliphatic rings. The van der Waals surface area contributed by atoms with Crippen LogP contribution in [0, 0.1) is 5.82 Å². The van der Waals surface area contributed by atoms with Gasteiger partial charge < -0.3 is 15.5 Å². The Morgan fingerprint density at radius 1 is 1.33 bits per heavy atom. The van der Waals surface area contributed by atoms with Crippen LogP contribution in [0.4, 0.5) is 9.18 Å². The van der Waals surface area contributed by atoms with Crippen LogP contribution in [0.1, 0.15) is 25.3 Å². The topological polar surface area (TPSA) is 61.4 Å². The number of rotatable bonds is 6. The summed E-state index contributed by atoms with van der Waals surface area (Å²) in [6, 6.07) is 6.45. The van der Waals surface area contributed by atoms with Gasteiger partial charge in [0.25, 0.3) is 0 Å². The van der Waals surface area contributed by atoms with Crippen molar-refractivity contribution in [3.05, 3.63) is 35.6 Å². The van der Waals surface area contributed by atoms with Gasteiger partial charge in [-0.25, -0.2) is 9.18 Å². The average Bonchev–Trinajstić information content (AvgIpc) is 3.23. The molecule has 1 fully saturated rings. The molecule has 2 rings (SSSR count). The number of nitrogens with one attached hydrogen (secondary N) is 2. The van der Waals surface area contributed by atoms with Gasteiger partial charge in [-0.05, 0) is 18.9 Å². The monoisotopic (exact) mass is 293 g/mol. The Bertz CT molecular complexity index is 517. The Morgan fingerprint density at radius 3 is 2.67 bits per heavy atom. The van der Waals surface area contributed by atoms with Gasteiger partial charge in [0.1, 0.15) is 5.82 Å². The molecule has 0 bridgehead atoms. The molecule has 114 valence electrons. The highest BCUT2D eigenvalue weighted by Gasteiger charge is 2.23. The van der Waals surface area contributed by atoms with Crippen LogP contribution >= 0.6 is 0 Å². The number of carbonyl (C=O) groups excluding carboxylic acids is 2. The fourth-order valence-electron chi connectivity index (χ4n) is 1.95. The molecule has 2 N–H and O–H groups in total. The zero-order chi connectivity index (χ0) is 15.2. The largest absolute Gasteiger partial charge is 0.337 e. The second-order valence-corrected chi connectivity index (χ2v) is 5.21. The molecule has 0 heterocycles.